The molecule has 47 heavy (non-hydrogen) atoms. The molecule has 0 N–H and O–H groups in total. The van der Waals surface area contributed by atoms with Crippen LogP contribution in [0.5, 0.6) is 0 Å². The molecule has 2 heteroatoms. The van der Waals surface area contributed by atoms with Crippen molar-refractivity contribution in [2.24, 2.45) is 0 Å². The van der Waals surface area contributed by atoms with Gasteiger partial charge in [0.1, 0.15) is 0 Å². The minimum absolute atomic E-state index is 0.0764. The molecule has 6 aromatic carbocycles. The summed E-state index contributed by atoms with van der Waals surface area (Å²) in [5.74, 6) is 0.153. The van der Waals surface area contributed by atoms with E-state index in [2.05, 4.69) is 201 Å². The van der Waals surface area contributed by atoms with E-state index in [0.717, 1.165) is 0 Å². The molecule has 0 unspecified atom stereocenters. The highest BCUT2D eigenvalue weighted by Gasteiger charge is 2.25. The molecule has 7 rings (SSSR count). The fourth-order valence-corrected chi connectivity index (χ4v) is 7.33. The third kappa shape index (κ3) is 6.07. The van der Waals surface area contributed by atoms with E-state index in [1.54, 1.807) is 0 Å². The van der Waals surface area contributed by atoms with Crippen molar-refractivity contribution in [2.45, 2.75) is 39.5 Å². The Bertz CT molecular complexity index is 1880. The van der Waals surface area contributed by atoms with Crippen LogP contribution in [0, 0.1) is 34.0 Å². The summed E-state index contributed by atoms with van der Waals surface area (Å²) in [6.45, 7) is 8.84. The van der Waals surface area contributed by atoms with Crippen molar-refractivity contribution >= 4 is 0 Å². The Morgan fingerprint density at radius 3 is 1.36 bits per heavy atom. The van der Waals surface area contributed by atoms with E-state index in [1.807, 2.05) is 0 Å². The summed E-state index contributed by atoms with van der Waals surface area (Å²) in [5.41, 5.74) is 14.9. The summed E-state index contributed by atoms with van der Waals surface area (Å²) in [5, 5.41) is 0. The summed E-state index contributed by atoms with van der Waals surface area (Å²) in [6, 6.07) is 52.7. The molecule has 2 nitrogen and oxygen atoms in total. The van der Waals surface area contributed by atoms with Gasteiger partial charge in [0.05, 0.1) is 11.4 Å². The number of imidazole rings is 1. The lowest BCUT2D eigenvalue weighted by Crippen LogP contribution is -2.32. The number of hydrogen-bond acceptors (Lipinski definition) is 0. The zero-order valence-corrected chi connectivity index (χ0v) is 27.6. The molecule has 0 aliphatic carbocycles. The first kappa shape index (κ1) is 30.2. The molecule has 230 valence electrons. The quantitative estimate of drug-likeness (QED) is 0.0922. The van der Waals surface area contributed by atoms with E-state index < -0.39 is 0 Å². The molecule has 0 aliphatic rings. The van der Waals surface area contributed by atoms with Crippen molar-refractivity contribution in [3.8, 4) is 11.4 Å². The monoisotopic (exact) mass is 608 g/mol. The van der Waals surface area contributed by atoms with Crippen molar-refractivity contribution in [3.05, 3.63) is 220 Å². The number of hydrogen-bond donors (Lipinski definition) is 0. The second-order valence-corrected chi connectivity index (χ2v) is 12.7. The molecule has 0 spiro atoms. The smallest absolute Gasteiger partial charge is 0.268 e. The average Bonchev–Trinajstić information content (AvgIpc) is 3.55. The highest BCUT2D eigenvalue weighted by molar-refractivity contribution is 5.58. The van der Waals surface area contributed by atoms with Gasteiger partial charge in [-0.15, -0.1) is 0 Å². The first-order valence-electron chi connectivity index (χ1n) is 16.4. The van der Waals surface area contributed by atoms with Crippen molar-refractivity contribution in [1.29, 1.82) is 0 Å². The predicted octanol–water partition coefficient (Wildman–Crippen LogP) is 10.1. The van der Waals surface area contributed by atoms with Gasteiger partial charge in [-0.2, -0.15) is 0 Å². The van der Waals surface area contributed by atoms with Gasteiger partial charge >= 0.3 is 0 Å². The van der Waals surface area contributed by atoms with Crippen LogP contribution >= 0.6 is 0 Å². The lowest BCUT2D eigenvalue weighted by Gasteiger charge is -2.25. The number of aromatic nitrogens is 2. The van der Waals surface area contributed by atoms with E-state index in [9.17, 15) is 0 Å². The van der Waals surface area contributed by atoms with Crippen LogP contribution in [0.3, 0.4) is 0 Å². The van der Waals surface area contributed by atoms with Crippen molar-refractivity contribution < 1.29 is 4.57 Å². The Morgan fingerprint density at radius 1 is 0.489 bits per heavy atom. The first-order chi connectivity index (χ1) is 23.0. The Balaban J connectivity index is 1.42. The molecule has 0 radical (unpaired) electrons. The highest BCUT2D eigenvalue weighted by Crippen LogP contribution is 2.38. The van der Waals surface area contributed by atoms with Gasteiger partial charge in [0, 0.05) is 24.2 Å². The molecule has 7 aromatic rings. The lowest BCUT2D eigenvalue weighted by atomic mass is 9.82. The second kappa shape index (κ2) is 13.1. The van der Waals surface area contributed by atoms with Gasteiger partial charge in [-0.3, -0.25) is 9.13 Å². The van der Waals surface area contributed by atoms with Gasteiger partial charge in [-0.1, -0.05) is 157 Å². The lowest BCUT2D eigenvalue weighted by molar-refractivity contribution is -0.600. The Kier molecular flexibility index (Phi) is 8.42. The maximum Gasteiger partial charge on any atom is 0.268 e. The summed E-state index contributed by atoms with van der Waals surface area (Å²) in [4.78, 5) is 0. The summed E-state index contributed by atoms with van der Waals surface area (Å²) >= 11 is 0. The maximum absolute atomic E-state index is 3.80. The molecule has 0 bridgehead atoms. The van der Waals surface area contributed by atoms with Crippen LogP contribution in [0.25, 0.3) is 11.4 Å². The van der Waals surface area contributed by atoms with E-state index in [-0.39, 0.29) is 11.8 Å². The first-order valence-corrected chi connectivity index (χ1v) is 16.4. The molecule has 0 saturated carbocycles. The van der Waals surface area contributed by atoms with Crippen LogP contribution in [0.2, 0.25) is 0 Å². The Hall–Kier alpha value is -5.47. The summed E-state index contributed by atoms with van der Waals surface area (Å²) < 4.78 is 4.40. The molecule has 0 fully saturated rings. The number of rotatable bonds is 8. The molecule has 1 aromatic heterocycles. The third-order valence-electron chi connectivity index (χ3n) is 9.16. The van der Waals surface area contributed by atoms with Crippen LogP contribution in [0.1, 0.15) is 67.5 Å². The minimum Gasteiger partial charge on any atom is -0.298 e. The third-order valence-corrected chi connectivity index (χ3v) is 9.16. The van der Waals surface area contributed by atoms with Gasteiger partial charge in [-0.05, 0) is 72.2 Å². The normalized spacial score (nSPS) is 11.4. The standard InChI is InChI=1S/C45H40N2/c1-32-27-34(3)44(40(29-32)42(36-17-9-5-10-18-36)37-19-11-6-12-20-37)46-25-26-47(31-46)45-35(4)28-33(2)30-41(45)43(38-21-13-7-14-22-38)39-23-15-8-16-24-39/h5-30,42-43H,1-4H3. The largest absolute Gasteiger partial charge is 0.298 e. The van der Waals surface area contributed by atoms with Crippen LogP contribution < -0.4 is 4.57 Å². The SMILES string of the molecule is Cc1cc(C)c(-n2[c-][n+](-c3c(C)cc(C)cc3C(c3ccccc3)c3ccccc3)cc2)c(C(c2ccccc2)c2ccccc2)c1. The Labute approximate surface area is 279 Å². The topological polar surface area (TPSA) is 8.81 Å². The molecule has 1 heterocycles. The number of nitrogens with zero attached hydrogens (tertiary/aromatic N) is 2. The van der Waals surface area contributed by atoms with Gasteiger partial charge in [-0.25, -0.2) is 0 Å². The molecule has 0 aliphatic heterocycles. The maximum atomic E-state index is 3.80. The minimum atomic E-state index is 0.0764. The molecular weight excluding hydrogens is 569 g/mol. The fourth-order valence-electron chi connectivity index (χ4n) is 7.33. The van der Waals surface area contributed by atoms with Gasteiger partial charge in [0.25, 0.3) is 6.33 Å². The number of aryl methyl sites for hydroxylation is 4. The van der Waals surface area contributed by atoms with E-state index >= 15 is 0 Å². The average molecular weight is 609 g/mol. The highest BCUT2D eigenvalue weighted by atomic mass is 15.1. The Morgan fingerprint density at radius 2 is 0.894 bits per heavy atom. The summed E-state index contributed by atoms with van der Waals surface area (Å²) in [7, 11) is 0. The van der Waals surface area contributed by atoms with Gasteiger partial charge in [0.2, 0.25) is 0 Å². The van der Waals surface area contributed by atoms with Crippen molar-refractivity contribution in [3.63, 3.8) is 0 Å². The molecule has 0 amide bonds. The van der Waals surface area contributed by atoms with Crippen molar-refractivity contribution in [2.75, 3.05) is 0 Å². The zero-order chi connectivity index (χ0) is 32.3. The van der Waals surface area contributed by atoms with Crippen molar-refractivity contribution in [1.82, 2.24) is 4.57 Å². The molecular formula is C45H40N2. The van der Waals surface area contributed by atoms with Gasteiger partial charge < -0.3 is 0 Å². The van der Waals surface area contributed by atoms with Crippen LogP contribution in [0.15, 0.2) is 158 Å². The van der Waals surface area contributed by atoms with Gasteiger partial charge in [0.15, 0.2) is 0 Å². The fraction of sp³-hybridized carbons (Fsp3) is 0.133. The second-order valence-electron chi connectivity index (χ2n) is 12.7. The van der Waals surface area contributed by atoms with E-state index in [1.165, 1.54) is 67.0 Å². The zero-order valence-electron chi connectivity index (χ0n) is 27.6. The predicted molar refractivity (Wildman–Crippen MR) is 193 cm³/mol. The molecule has 0 saturated heterocycles. The van der Waals surface area contributed by atoms with E-state index in [0.29, 0.717) is 0 Å². The van der Waals surface area contributed by atoms with Crippen LogP contribution in [-0.2, 0) is 0 Å². The number of benzene rings is 6. The summed E-state index contributed by atoms with van der Waals surface area (Å²) in [6.07, 6.45) is 8.12. The van der Waals surface area contributed by atoms with Crippen LogP contribution in [-0.4, -0.2) is 4.57 Å². The van der Waals surface area contributed by atoms with E-state index in [4.69, 9.17) is 0 Å². The molecule has 0 atom stereocenters. The van der Waals surface area contributed by atoms with Crippen LogP contribution in [0.4, 0.5) is 0 Å².